The van der Waals surface area contributed by atoms with Crippen molar-refractivity contribution in [1.82, 2.24) is 14.5 Å². The Morgan fingerprint density at radius 3 is 2.50 bits per heavy atom. The van der Waals surface area contributed by atoms with Crippen molar-refractivity contribution in [3.63, 3.8) is 0 Å². The van der Waals surface area contributed by atoms with Crippen LogP contribution in [0.5, 0.6) is 0 Å². The Labute approximate surface area is 162 Å². The first kappa shape index (κ1) is 19.0. The second-order valence-electron chi connectivity index (χ2n) is 7.62. The minimum atomic E-state index is -4.35. The third-order valence-electron chi connectivity index (χ3n) is 5.72. The van der Waals surface area contributed by atoms with Gasteiger partial charge in [0.15, 0.2) is 0 Å². The molecule has 148 valence electrons. The fraction of sp³-hybridized carbons (Fsp3) is 0.455. The summed E-state index contributed by atoms with van der Waals surface area (Å²) in [5.74, 6) is 1.71. The molecule has 2 aromatic heterocycles. The Kier molecular flexibility index (Phi) is 4.68. The molecule has 6 heteroatoms. The smallest absolute Gasteiger partial charge is 0.324 e. The second-order valence-corrected chi connectivity index (χ2v) is 7.62. The molecule has 1 aromatic carbocycles. The number of hydrogen-bond donors (Lipinski definition) is 0. The highest BCUT2D eigenvalue weighted by atomic mass is 19.4. The molecule has 1 saturated carbocycles. The first-order valence-corrected chi connectivity index (χ1v) is 9.89. The highest BCUT2D eigenvalue weighted by molar-refractivity contribution is 5.91. The molecule has 2 heterocycles. The predicted molar refractivity (Wildman–Crippen MR) is 104 cm³/mol. The highest BCUT2D eigenvalue weighted by Gasteiger charge is 2.34. The highest BCUT2D eigenvalue weighted by Crippen LogP contribution is 2.44. The minimum Gasteiger partial charge on any atom is -0.324 e. The molecule has 4 rings (SSSR count). The van der Waals surface area contributed by atoms with E-state index in [1.165, 1.54) is 25.0 Å². The van der Waals surface area contributed by atoms with E-state index in [4.69, 9.17) is 4.98 Å². The Hall–Kier alpha value is -2.37. The summed E-state index contributed by atoms with van der Waals surface area (Å²) >= 11 is 0. The maximum Gasteiger partial charge on any atom is 0.416 e. The number of pyridine rings is 1. The molecule has 28 heavy (non-hydrogen) atoms. The van der Waals surface area contributed by atoms with Crippen LogP contribution in [0.25, 0.3) is 22.3 Å². The third-order valence-corrected chi connectivity index (χ3v) is 5.72. The van der Waals surface area contributed by atoms with Gasteiger partial charge >= 0.3 is 6.18 Å². The van der Waals surface area contributed by atoms with Crippen LogP contribution in [-0.2, 0) is 12.6 Å². The zero-order valence-electron chi connectivity index (χ0n) is 16.3. The quantitative estimate of drug-likeness (QED) is 0.511. The summed E-state index contributed by atoms with van der Waals surface area (Å²) < 4.78 is 41.5. The summed E-state index contributed by atoms with van der Waals surface area (Å²) in [4.78, 5) is 9.38. The van der Waals surface area contributed by atoms with Crippen LogP contribution in [0.4, 0.5) is 13.2 Å². The number of nitrogens with zero attached hydrogens (tertiary/aromatic N) is 3. The van der Waals surface area contributed by atoms with E-state index in [1.54, 1.807) is 13.1 Å². The number of halogens is 3. The molecular weight excluding hydrogens is 363 g/mol. The van der Waals surface area contributed by atoms with Crippen molar-refractivity contribution in [3.05, 3.63) is 47.4 Å². The average molecular weight is 387 g/mol. The molecule has 0 saturated heterocycles. The summed E-state index contributed by atoms with van der Waals surface area (Å²) in [6.07, 6.45) is 1.74. The number of aromatic nitrogens is 3. The van der Waals surface area contributed by atoms with Crippen LogP contribution in [0.2, 0.25) is 0 Å². The molecule has 1 fully saturated rings. The maximum absolute atomic E-state index is 13.0. The first-order valence-electron chi connectivity index (χ1n) is 9.89. The van der Waals surface area contributed by atoms with Gasteiger partial charge in [0.05, 0.1) is 16.8 Å². The fourth-order valence-electron chi connectivity index (χ4n) is 4.20. The molecule has 1 aliphatic rings. The van der Waals surface area contributed by atoms with Gasteiger partial charge in [-0.2, -0.15) is 13.2 Å². The predicted octanol–water partition coefficient (Wildman–Crippen LogP) is 6.35. The lowest BCUT2D eigenvalue weighted by Gasteiger charge is -2.20. The van der Waals surface area contributed by atoms with E-state index in [-0.39, 0.29) is 0 Å². The average Bonchev–Trinajstić information content (AvgIpc) is 3.42. The third kappa shape index (κ3) is 3.19. The van der Waals surface area contributed by atoms with Crippen molar-refractivity contribution in [2.45, 2.75) is 58.7 Å². The first-order chi connectivity index (χ1) is 13.3. The molecule has 1 aliphatic carbocycles. The van der Waals surface area contributed by atoms with Crippen LogP contribution in [0.15, 0.2) is 30.5 Å². The SMILES string of the molecule is CCc1nc2c(-c3ccc(C(F)(F)F)cc3C)nccc2n1C(CC)C1CC1. The van der Waals surface area contributed by atoms with Crippen LogP contribution in [0.3, 0.4) is 0 Å². The fourth-order valence-corrected chi connectivity index (χ4v) is 4.20. The molecule has 0 aliphatic heterocycles. The van der Waals surface area contributed by atoms with Crippen LogP contribution >= 0.6 is 0 Å². The monoisotopic (exact) mass is 387 g/mol. The van der Waals surface area contributed by atoms with E-state index in [9.17, 15) is 13.2 Å². The molecular formula is C22H24F3N3. The van der Waals surface area contributed by atoms with Crippen LogP contribution in [0.1, 0.15) is 56.1 Å². The van der Waals surface area contributed by atoms with E-state index in [0.717, 1.165) is 35.8 Å². The van der Waals surface area contributed by atoms with E-state index in [0.29, 0.717) is 28.8 Å². The number of imidazole rings is 1. The Balaban J connectivity index is 1.89. The van der Waals surface area contributed by atoms with E-state index >= 15 is 0 Å². The van der Waals surface area contributed by atoms with Crippen molar-refractivity contribution < 1.29 is 13.2 Å². The van der Waals surface area contributed by atoms with Crippen LogP contribution in [0, 0.1) is 12.8 Å². The lowest BCUT2D eigenvalue weighted by molar-refractivity contribution is -0.137. The Morgan fingerprint density at radius 2 is 1.93 bits per heavy atom. The molecule has 0 amide bonds. The lowest BCUT2D eigenvalue weighted by atomic mass is 10.0. The van der Waals surface area contributed by atoms with E-state index in [1.807, 2.05) is 6.07 Å². The zero-order chi connectivity index (χ0) is 20.1. The van der Waals surface area contributed by atoms with Gasteiger partial charge in [0, 0.05) is 24.2 Å². The second kappa shape index (κ2) is 6.90. The van der Waals surface area contributed by atoms with Crippen molar-refractivity contribution in [2.24, 2.45) is 5.92 Å². The van der Waals surface area contributed by atoms with Gasteiger partial charge in [-0.3, -0.25) is 4.98 Å². The van der Waals surface area contributed by atoms with Gasteiger partial charge in [0.1, 0.15) is 11.3 Å². The number of aryl methyl sites for hydroxylation is 2. The van der Waals surface area contributed by atoms with Gasteiger partial charge in [-0.25, -0.2) is 4.98 Å². The summed E-state index contributed by atoms with van der Waals surface area (Å²) in [6, 6.07) is 6.23. The molecule has 0 spiro atoms. The van der Waals surface area contributed by atoms with E-state index in [2.05, 4.69) is 23.4 Å². The van der Waals surface area contributed by atoms with Crippen LogP contribution in [-0.4, -0.2) is 14.5 Å². The van der Waals surface area contributed by atoms with Gasteiger partial charge in [-0.1, -0.05) is 19.9 Å². The summed E-state index contributed by atoms with van der Waals surface area (Å²) in [7, 11) is 0. The molecule has 0 bridgehead atoms. The Bertz CT molecular complexity index is 1020. The van der Waals surface area contributed by atoms with Crippen molar-refractivity contribution in [1.29, 1.82) is 0 Å². The van der Waals surface area contributed by atoms with Gasteiger partial charge in [0.2, 0.25) is 0 Å². The van der Waals surface area contributed by atoms with E-state index < -0.39 is 11.7 Å². The van der Waals surface area contributed by atoms with Crippen molar-refractivity contribution in [3.8, 4) is 11.3 Å². The van der Waals surface area contributed by atoms with Crippen molar-refractivity contribution >= 4 is 11.0 Å². The summed E-state index contributed by atoms with van der Waals surface area (Å²) in [5, 5.41) is 0. The lowest BCUT2D eigenvalue weighted by Crippen LogP contribution is -2.13. The molecule has 1 unspecified atom stereocenters. The number of fused-ring (bicyclic) bond motifs is 1. The number of benzene rings is 1. The number of hydrogen-bond acceptors (Lipinski definition) is 2. The van der Waals surface area contributed by atoms with Crippen LogP contribution < -0.4 is 0 Å². The normalized spacial score (nSPS) is 15.9. The molecule has 3 nitrogen and oxygen atoms in total. The van der Waals surface area contributed by atoms with Gasteiger partial charge in [-0.05, 0) is 55.9 Å². The van der Waals surface area contributed by atoms with Gasteiger partial charge < -0.3 is 4.57 Å². The summed E-state index contributed by atoms with van der Waals surface area (Å²) in [6.45, 7) is 5.99. The maximum atomic E-state index is 13.0. The minimum absolute atomic E-state index is 0.420. The van der Waals surface area contributed by atoms with Crippen molar-refractivity contribution in [2.75, 3.05) is 0 Å². The topological polar surface area (TPSA) is 30.7 Å². The Morgan fingerprint density at radius 1 is 1.18 bits per heavy atom. The van der Waals surface area contributed by atoms with Gasteiger partial charge in [0.25, 0.3) is 0 Å². The summed E-state index contributed by atoms with van der Waals surface area (Å²) in [5.41, 5.74) is 3.08. The molecule has 1 atom stereocenters. The standard InChI is InChI=1S/C22H24F3N3/c1-4-17(14-6-7-14)28-18-10-11-26-20(21(18)27-19(28)5-2)16-9-8-15(12-13(16)3)22(23,24)25/h8-12,14,17H,4-7H2,1-3H3. The number of alkyl halides is 3. The number of rotatable bonds is 5. The molecule has 0 N–H and O–H groups in total. The molecule has 0 radical (unpaired) electrons. The zero-order valence-corrected chi connectivity index (χ0v) is 16.3. The largest absolute Gasteiger partial charge is 0.416 e. The van der Waals surface area contributed by atoms with Gasteiger partial charge in [-0.15, -0.1) is 0 Å². The molecule has 3 aromatic rings.